The number of rotatable bonds is 74. The highest BCUT2D eigenvalue weighted by Crippen LogP contribution is 2.45. The van der Waals surface area contributed by atoms with Gasteiger partial charge in [-0.3, -0.25) is 37.3 Å². The summed E-state index contributed by atoms with van der Waals surface area (Å²) in [5, 5.41) is 10.6. The molecule has 5 unspecified atom stereocenters. The van der Waals surface area contributed by atoms with E-state index in [0.29, 0.717) is 25.7 Å². The Labute approximate surface area is 585 Å². The summed E-state index contributed by atoms with van der Waals surface area (Å²) < 4.78 is 68.5. The summed E-state index contributed by atoms with van der Waals surface area (Å²) in [6, 6.07) is 0. The Morgan fingerprint density at radius 1 is 0.302 bits per heavy atom. The van der Waals surface area contributed by atoms with Crippen LogP contribution in [0.2, 0.25) is 0 Å². The lowest BCUT2D eigenvalue weighted by molar-refractivity contribution is -0.161. The van der Waals surface area contributed by atoms with Crippen LogP contribution in [0, 0.1) is 0 Å². The zero-order chi connectivity index (χ0) is 70.4. The molecule has 0 saturated carbocycles. The molecule has 0 saturated heterocycles. The first-order valence-electron chi connectivity index (χ1n) is 38.9. The molecular weight excluding hydrogens is 1260 g/mol. The fourth-order valence-electron chi connectivity index (χ4n) is 10.9. The first kappa shape index (κ1) is 93.0. The lowest BCUT2D eigenvalue weighted by Gasteiger charge is -2.21. The summed E-state index contributed by atoms with van der Waals surface area (Å²) in [5.41, 5.74) is 0. The van der Waals surface area contributed by atoms with Crippen LogP contribution in [0.25, 0.3) is 0 Å². The van der Waals surface area contributed by atoms with Crippen LogP contribution in [0.3, 0.4) is 0 Å². The molecule has 0 fully saturated rings. The number of hydrogen-bond donors (Lipinski definition) is 3. The van der Waals surface area contributed by atoms with Crippen LogP contribution in [0.15, 0.2) is 48.6 Å². The van der Waals surface area contributed by atoms with E-state index in [-0.39, 0.29) is 25.7 Å². The molecule has 0 radical (unpaired) electrons. The van der Waals surface area contributed by atoms with E-state index < -0.39 is 97.5 Å². The predicted octanol–water partition coefficient (Wildman–Crippen LogP) is 22.1. The first-order chi connectivity index (χ1) is 46.7. The molecule has 0 aromatic heterocycles. The summed E-state index contributed by atoms with van der Waals surface area (Å²) in [4.78, 5) is 72.8. The molecule has 0 heterocycles. The number of phosphoric ester groups is 2. The molecule has 19 heteroatoms. The number of unbranched alkanes of at least 4 members (excludes halogenated alkanes) is 40. The minimum Gasteiger partial charge on any atom is -0.462 e. The summed E-state index contributed by atoms with van der Waals surface area (Å²) in [6.45, 7) is 4.79. The second kappa shape index (κ2) is 70.5. The van der Waals surface area contributed by atoms with E-state index in [1.165, 1.54) is 148 Å². The number of phosphoric acid groups is 2. The van der Waals surface area contributed by atoms with E-state index in [1.54, 1.807) is 0 Å². The number of esters is 4. The molecule has 0 aliphatic heterocycles. The predicted molar refractivity (Wildman–Crippen MR) is 390 cm³/mol. The standard InChI is InChI=1S/C77H142O17P2/c1-5-9-13-17-21-25-29-32-35-38-42-45-49-53-57-61-74(79)87-67-72(93-76(81)63-59-55-51-47-41-28-24-20-16-12-8-4)69-91-95(83,84)89-65-71(78)66-90-96(85,86)92-70-73(94-77(82)64-60-56-52-48-44-40-37-34-31-27-23-19-15-11-7-3)68-88-75(80)62-58-54-50-46-43-39-36-33-30-26-22-18-14-10-6-2/h10,14,22,26,33-34,36-37,71-73,78H,5-9,11-13,15-21,23-25,27-32,35,38-70H2,1-4H3,(H,83,84)(H,85,86)/b14-10-,26-22-,36-33-,37-34-. The van der Waals surface area contributed by atoms with Crippen LogP contribution >= 0.6 is 15.6 Å². The van der Waals surface area contributed by atoms with Gasteiger partial charge in [0.05, 0.1) is 26.4 Å². The van der Waals surface area contributed by atoms with Crippen molar-refractivity contribution in [2.45, 2.75) is 380 Å². The Balaban J connectivity index is 5.30. The highest BCUT2D eigenvalue weighted by molar-refractivity contribution is 7.47. The molecular formula is C77H142O17P2. The van der Waals surface area contributed by atoms with Gasteiger partial charge < -0.3 is 33.8 Å². The van der Waals surface area contributed by atoms with Gasteiger partial charge in [0, 0.05) is 25.7 Å². The van der Waals surface area contributed by atoms with Gasteiger partial charge in [-0.2, -0.15) is 0 Å². The summed E-state index contributed by atoms with van der Waals surface area (Å²) in [5.74, 6) is -2.16. The van der Waals surface area contributed by atoms with Gasteiger partial charge in [-0.1, -0.05) is 301 Å². The van der Waals surface area contributed by atoms with Gasteiger partial charge >= 0.3 is 39.5 Å². The average Bonchev–Trinajstić information content (AvgIpc) is 1.09. The first-order valence-corrected chi connectivity index (χ1v) is 41.9. The van der Waals surface area contributed by atoms with Crippen LogP contribution in [0.1, 0.15) is 362 Å². The maximum atomic E-state index is 13.1. The number of aliphatic hydroxyl groups excluding tert-OH is 1. The number of ether oxygens (including phenoxy) is 4. The molecule has 0 aromatic carbocycles. The van der Waals surface area contributed by atoms with Gasteiger partial charge in [0.25, 0.3) is 0 Å². The summed E-state index contributed by atoms with van der Waals surface area (Å²) in [6.07, 6.45) is 66.7. The van der Waals surface area contributed by atoms with E-state index >= 15 is 0 Å². The van der Waals surface area contributed by atoms with Crippen LogP contribution in [0.4, 0.5) is 0 Å². The van der Waals surface area contributed by atoms with Crippen molar-refractivity contribution in [1.29, 1.82) is 0 Å². The molecule has 562 valence electrons. The maximum Gasteiger partial charge on any atom is 0.472 e. The van der Waals surface area contributed by atoms with E-state index in [2.05, 4.69) is 76.3 Å². The van der Waals surface area contributed by atoms with E-state index in [4.69, 9.17) is 37.0 Å². The number of aliphatic hydroxyl groups is 1. The Morgan fingerprint density at radius 3 is 0.844 bits per heavy atom. The van der Waals surface area contributed by atoms with Crippen molar-refractivity contribution in [2.75, 3.05) is 39.6 Å². The highest BCUT2D eigenvalue weighted by Gasteiger charge is 2.30. The Bertz CT molecular complexity index is 2010. The molecule has 0 bridgehead atoms. The van der Waals surface area contributed by atoms with Crippen molar-refractivity contribution in [2.24, 2.45) is 0 Å². The minimum atomic E-state index is -4.97. The molecule has 0 spiro atoms. The second-order valence-electron chi connectivity index (χ2n) is 26.3. The van der Waals surface area contributed by atoms with Crippen molar-refractivity contribution in [3.63, 3.8) is 0 Å². The third kappa shape index (κ3) is 69.5. The van der Waals surface area contributed by atoms with Gasteiger partial charge in [-0.15, -0.1) is 0 Å². The van der Waals surface area contributed by atoms with E-state index in [9.17, 15) is 43.2 Å². The Kier molecular flexibility index (Phi) is 68.3. The molecule has 0 aliphatic carbocycles. The molecule has 17 nitrogen and oxygen atoms in total. The third-order valence-electron chi connectivity index (χ3n) is 16.8. The van der Waals surface area contributed by atoms with Crippen molar-refractivity contribution in [3.8, 4) is 0 Å². The van der Waals surface area contributed by atoms with E-state index in [0.717, 1.165) is 135 Å². The zero-order valence-corrected chi connectivity index (χ0v) is 63.1. The van der Waals surface area contributed by atoms with Gasteiger partial charge in [0.15, 0.2) is 12.2 Å². The normalized spacial score (nSPS) is 14.2. The fraction of sp³-hybridized carbons (Fsp3) is 0.844. The molecule has 0 aromatic rings. The second-order valence-corrected chi connectivity index (χ2v) is 29.2. The number of allylic oxidation sites excluding steroid dienone is 8. The zero-order valence-electron chi connectivity index (χ0n) is 61.3. The lowest BCUT2D eigenvalue weighted by atomic mass is 10.0. The third-order valence-corrected chi connectivity index (χ3v) is 18.7. The Morgan fingerprint density at radius 2 is 0.542 bits per heavy atom. The summed E-state index contributed by atoms with van der Waals surface area (Å²) in [7, 11) is -9.93. The monoisotopic (exact) mass is 1400 g/mol. The molecule has 5 atom stereocenters. The molecule has 3 N–H and O–H groups in total. The highest BCUT2D eigenvalue weighted by atomic mass is 31.2. The van der Waals surface area contributed by atoms with Crippen LogP contribution in [0.5, 0.6) is 0 Å². The Hall–Kier alpha value is -2.98. The molecule has 0 aliphatic rings. The quantitative estimate of drug-likeness (QED) is 0.0169. The van der Waals surface area contributed by atoms with Gasteiger partial charge in [-0.05, 0) is 83.5 Å². The molecule has 0 amide bonds. The number of carbonyl (C=O) groups is 4. The van der Waals surface area contributed by atoms with Crippen molar-refractivity contribution < 1.29 is 80.2 Å². The smallest absolute Gasteiger partial charge is 0.462 e. The van der Waals surface area contributed by atoms with Gasteiger partial charge in [-0.25, -0.2) is 9.13 Å². The fourth-order valence-corrected chi connectivity index (χ4v) is 12.5. The SMILES string of the molecule is CC/C=C\C/C=C\C/C=C\CCCCCCCC(=O)OCC(COP(=O)(O)OCC(O)COP(=O)(O)OCC(COC(=O)CCCCCCCCCCCCCCCCC)OC(=O)CCCCCCCCCCCCC)OC(=O)CCCCCCC/C=C\CCCCCCCC. The topological polar surface area (TPSA) is 237 Å². The van der Waals surface area contributed by atoms with E-state index in [1.807, 2.05) is 0 Å². The van der Waals surface area contributed by atoms with Gasteiger partial charge in [0.2, 0.25) is 0 Å². The largest absolute Gasteiger partial charge is 0.472 e. The number of hydrogen-bond acceptors (Lipinski definition) is 15. The van der Waals surface area contributed by atoms with Gasteiger partial charge in [0.1, 0.15) is 19.3 Å². The van der Waals surface area contributed by atoms with Crippen LogP contribution in [-0.4, -0.2) is 96.7 Å². The number of carbonyl (C=O) groups excluding carboxylic acids is 4. The minimum absolute atomic E-state index is 0.0859. The van der Waals surface area contributed by atoms with Crippen molar-refractivity contribution in [1.82, 2.24) is 0 Å². The van der Waals surface area contributed by atoms with Crippen LogP contribution in [-0.2, 0) is 65.4 Å². The maximum absolute atomic E-state index is 13.1. The lowest BCUT2D eigenvalue weighted by Crippen LogP contribution is -2.30. The summed E-state index contributed by atoms with van der Waals surface area (Å²) >= 11 is 0. The van der Waals surface area contributed by atoms with Crippen molar-refractivity contribution >= 4 is 39.5 Å². The van der Waals surface area contributed by atoms with Crippen LogP contribution < -0.4 is 0 Å². The van der Waals surface area contributed by atoms with Crippen molar-refractivity contribution in [3.05, 3.63) is 48.6 Å². The molecule has 96 heavy (non-hydrogen) atoms. The molecule has 0 rings (SSSR count). The average molecular weight is 1400 g/mol.